The minimum Gasteiger partial charge on any atom is -0.377 e. The van der Waals surface area contributed by atoms with Crippen molar-refractivity contribution in [1.29, 1.82) is 5.26 Å². The molecule has 2 heterocycles. The van der Waals surface area contributed by atoms with E-state index in [1.807, 2.05) is 6.07 Å². The topological polar surface area (TPSA) is 57.9 Å². The maximum Gasteiger partial charge on any atom is 0.404 e. The highest BCUT2D eigenvalue weighted by molar-refractivity contribution is 5.75. The van der Waals surface area contributed by atoms with Crippen LogP contribution in [-0.2, 0) is 10.2 Å². The number of hydrogen-bond donors (Lipinski definition) is 1. The molecule has 0 radical (unpaired) electrons. The molecule has 7 heteroatoms. The van der Waals surface area contributed by atoms with Crippen molar-refractivity contribution < 1.29 is 17.9 Å². The molecule has 1 atom stereocenters. The standard InChI is InChI=1S/C18H16F3N3O/c1-11(2)25-10-17(18(19,20)21)13-4-3-7-23-16(13)24-15-6-5-12(9-22)8-14(15)17/h3-8,11H,10H2,1-2H3,(H,23,24). The Kier molecular flexibility index (Phi) is 4.17. The van der Waals surface area contributed by atoms with Gasteiger partial charge in [-0.2, -0.15) is 18.4 Å². The van der Waals surface area contributed by atoms with Gasteiger partial charge in [-0.1, -0.05) is 6.07 Å². The second-order valence-electron chi connectivity index (χ2n) is 6.16. The van der Waals surface area contributed by atoms with E-state index >= 15 is 0 Å². The maximum absolute atomic E-state index is 14.4. The molecule has 0 aliphatic carbocycles. The molecule has 0 bridgehead atoms. The summed E-state index contributed by atoms with van der Waals surface area (Å²) in [5.74, 6) is 0.143. The summed E-state index contributed by atoms with van der Waals surface area (Å²) in [6.07, 6.45) is -3.58. The molecule has 1 unspecified atom stereocenters. The largest absolute Gasteiger partial charge is 0.404 e. The van der Waals surface area contributed by atoms with Gasteiger partial charge in [0.2, 0.25) is 0 Å². The van der Waals surface area contributed by atoms with E-state index in [-0.39, 0.29) is 34.3 Å². The molecule has 1 aromatic heterocycles. The van der Waals surface area contributed by atoms with Gasteiger partial charge < -0.3 is 10.1 Å². The van der Waals surface area contributed by atoms with Crippen LogP contribution in [0.2, 0.25) is 0 Å². The van der Waals surface area contributed by atoms with Crippen LogP contribution in [-0.4, -0.2) is 23.9 Å². The van der Waals surface area contributed by atoms with E-state index in [4.69, 9.17) is 10.00 Å². The summed E-state index contributed by atoms with van der Waals surface area (Å²) in [5, 5.41) is 12.1. The Hall–Kier alpha value is -2.59. The quantitative estimate of drug-likeness (QED) is 0.900. The zero-order valence-electron chi connectivity index (χ0n) is 13.7. The van der Waals surface area contributed by atoms with E-state index in [2.05, 4.69) is 10.3 Å². The van der Waals surface area contributed by atoms with Crippen LogP contribution in [0.15, 0.2) is 36.5 Å². The number of halogens is 3. The lowest BCUT2D eigenvalue weighted by molar-refractivity contribution is -0.195. The molecule has 1 N–H and O–H groups in total. The van der Waals surface area contributed by atoms with Crippen molar-refractivity contribution in [3.8, 4) is 6.07 Å². The molecule has 25 heavy (non-hydrogen) atoms. The summed E-state index contributed by atoms with van der Waals surface area (Å²) in [5.41, 5.74) is -2.00. The van der Waals surface area contributed by atoms with Crippen molar-refractivity contribution in [2.24, 2.45) is 0 Å². The number of ether oxygens (including phenoxy) is 1. The molecular formula is C18H16F3N3O. The van der Waals surface area contributed by atoms with Gasteiger partial charge in [0, 0.05) is 17.4 Å². The average Bonchev–Trinajstić information content (AvgIpc) is 2.57. The number of pyridine rings is 1. The normalized spacial score (nSPS) is 18.9. The van der Waals surface area contributed by atoms with Gasteiger partial charge in [0.15, 0.2) is 0 Å². The Balaban J connectivity index is 2.33. The fourth-order valence-electron chi connectivity index (χ4n) is 3.03. The molecule has 1 aliphatic rings. The Morgan fingerprint density at radius 3 is 2.68 bits per heavy atom. The summed E-state index contributed by atoms with van der Waals surface area (Å²) in [4.78, 5) is 4.06. The van der Waals surface area contributed by atoms with Crippen LogP contribution in [0.25, 0.3) is 0 Å². The lowest BCUT2D eigenvalue weighted by Crippen LogP contribution is -2.50. The number of aromatic nitrogens is 1. The lowest BCUT2D eigenvalue weighted by atomic mass is 9.71. The van der Waals surface area contributed by atoms with Crippen LogP contribution >= 0.6 is 0 Å². The maximum atomic E-state index is 14.4. The number of fused-ring (bicyclic) bond motifs is 2. The smallest absolute Gasteiger partial charge is 0.377 e. The third kappa shape index (κ3) is 2.72. The van der Waals surface area contributed by atoms with Crippen molar-refractivity contribution in [1.82, 2.24) is 4.98 Å². The first kappa shape index (κ1) is 17.2. The van der Waals surface area contributed by atoms with E-state index < -0.39 is 18.2 Å². The first-order valence-corrected chi connectivity index (χ1v) is 7.75. The third-order valence-electron chi connectivity index (χ3n) is 4.25. The highest BCUT2D eigenvalue weighted by Gasteiger charge is 2.61. The van der Waals surface area contributed by atoms with Gasteiger partial charge in [-0.3, -0.25) is 0 Å². The Morgan fingerprint density at radius 2 is 2.04 bits per heavy atom. The summed E-state index contributed by atoms with van der Waals surface area (Å²) in [6.45, 7) is 2.78. The van der Waals surface area contributed by atoms with Crippen LogP contribution in [0.5, 0.6) is 0 Å². The van der Waals surface area contributed by atoms with Crippen LogP contribution in [0.3, 0.4) is 0 Å². The van der Waals surface area contributed by atoms with Crippen molar-refractivity contribution in [2.75, 3.05) is 11.9 Å². The number of alkyl halides is 3. The number of hydrogen-bond acceptors (Lipinski definition) is 4. The summed E-state index contributed by atoms with van der Waals surface area (Å²) >= 11 is 0. The highest BCUT2D eigenvalue weighted by Crippen LogP contribution is 2.54. The summed E-state index contributed by atoms with van der Waals surface area (Å²) in [7, 11) is 0. The molecule has 0 amide bonds. The van der Waals surface area contributed by atoms with Gasteiger partial charge in [-0.05, 0) is 43.7 Å². The van der Waals surface area contributed by atoms with E-state index in [0.717, 1.165) is 0 Å². The number of nitrogens with zero attached hydrogens (tertiary/aromatic N) is 2. The number of anilines is 2. The van der Waals surface area contributed by atoms with Crippen LogP contribution in [0, 0.1) is 11.3 Å². The zero-order chi connectivity index (χ0) is 18.2. The molecule has 130 valence electrons. The number of nitrogens with one attached hydrogen (secondary N) is 1. The van der Waals surface area contributed by atoms with Crippen LogP contribution in [0.1, 0.15) is 30.5 Å². The Labute approximate surface area is 143 Å². The van der Waals surface area contributed by atoms with Gasteiger partial charge in [-0.15, -0.1) is 0 Å². The van der Waals surface area contributed by atoms with E-state index in [9.17, 15) is 13.2 Å². The third-order valence-corrected chi connectivity index (χ3v) is 4.25. The van der Waals surface area contributed by atoms with Gasteiger partial charge in [0.25, 0.3) is 0 Å². The fourth-order valence-corrected chi connectivity index (χ4v) is 3.03. The van der Waals surface area contributed by atoms with Crippen LogP contribution < -0.4 is 5.32 Å². The minimum absolute atomic E-state index is 0.00857. The summed E-state index contributed by atoms with van der Waals surface area (Å²) in [6, 6.07) is 8.99. The Bertz CT molecular complexity index is 842. The molecular weight excluding hydrogens is 331 g/mol. The number of benzene rings is 1. The van der Waals surface area contributed by atoms with Gasteiger partial charge >= 0.3 is 6.18 Å². The van der Waals surface area contributed by atoms with E-state index in [1.54, 1.807) is 13.8 Å². The van der Waals surface area contributed by atoms with Gasteiger partial charge in [-0.25, -0.2) is 4.98 Å². The predicted molar refractivity (Wildman–Crippen MR) is 86.6 cm³/mol. The molecule has 1 aromatic carbocycles. The van der Waals surface area contributed by atoms with Crippen molar-refractivity contribution in [3.63, 3.8) is 0 Å². The molecule has 3 rings (SSSR count). The average molecular weight is 347 g/mol. The van der Waals surface area contributed by atoms with Gasteiger partial charge in [0.05, 0.1) is 24.3 Å². The molecule has 0 saturated carbocycles. The highest BCUT2D eigenvalue weighted by atomic mass is 19.4. The SMILES string of the molecule is CC(C)OCC1(C(F)(F)F)c2cc(C#N)ccc2Nc2ncccc21. The van der Waals surface area contributed by atoms with Crippen molar-refractivity contribution in [3.05, 3.63) is 53.2 Å². The molecule has 0 fully saturated rings. The molecule has 2 aromatic rings. The van der Waals surface area contributed by atoms with Gasteiger partial charge in [0.1, 0.15) is 11.2 Å². The van der Waals surface area contributed by atoms with Crippen molar-refractivity contribution >= 4 is 11.5 Å². The van der Waals surface area contributed by atoms with Crippen molar-refractivity contribution in [2.45, 2.75) is 31.5 Å². The monoisotopic (exact) mass is 347 g/mol. The predicted octanol–water partition coefficient (Wildman–Crippen LogP) is 4.28. The Morgan fingerprint density at radius 1 is 1.28 bits per heavy atom. The second kappa shape index (κ2) is 6.05. The first-order valence-electron chi connectivity index (χ1n) is 7.75. The zero-order valence-corrected chi connectivity index (χ0v) is 13.7. The van der Waals surface area contributed by atoms with Crippen LogP contribution in [0.4, 0.5) is 24.7 Å². The molecule has 0 spiro atoms. The number of nitriles is 1. The molecule has 1 aliphatic heterocycles. The lowest BCUT2D eigenvalue weighted by Gasteiger charge is -2.41. The summed E-state index contributed by atoms with van der Waals surface area (Å²) < 4.78 is 48.7. The first-order chi connectivity index (χ1) is 11.8. The minimum atomic E-state index is -4.63. The van der Waals surface area contributed by atoms with E-state index in [0.29, 0.717) is 0 Å². The molecule has 0 saturated heterocycles. The van der Waals surface area contributed by atoms with E-state index in [1.165, 1.54) is 36.5 Å². The molecule has 4 nitrogen and oxygen atoms in total. The number of rotatable bonds is 3. The second-order valence-corrected chi connectivity index (χ2v) is 6.16. The fraction of sp³-hybridized carbons (Fsp3) is 0.333.